The summed E-state index contributed by atoms with van der Waals surface area (Å²) >= 11 is 6.05. The molecule has 0 radical (unpaired) electrons. The van der Waals surface area contributed by atoms with Gasteiger partial charge in [0.25, 0.3) is 0 Å². The number of fused-ring (bicyclic) bond motifs is 1. The third kappa shape index (κ3) is 2.26. The number of nitrogens with zero attached hydrogens (tertiary/aromatic N) is 1. The van der Waals surface area contributed by atoms with Crippen LogP contribution in [0.2, 0.25) is 5.02 Å². The first-order valence-electron chi connectivity index (χ1n) is 7.00. The van der Waals surface area contributed by atoms with Crippen LogP contribution in [0.5, 0.6) is 0 Å². The van der Waals surface area contributed by atoms with Gasteiger partial charge >= 0.3 is 0 Å². The van der Waals surface area contributed by atoms with Gasteiger partial charge in [0.1, 0.15) is 0 Å². The van der Waals surface area contributed by atoms with Crippen LogP contribution >= 0.6 is 11.6 Å². The number of carbonyl (C=O) groups is 1. The molecule has 1 aliphatic heterocycles. The normalized spacial score (nSPS) is 25.7. The zero-order valence-corrected chi connectivity index (χ0v) is 11.7. The lowest BCUT2D eigenvalue weighted by molar-refractivity contribution is -0.123. The van der Waals surface area contributed by atoms with Crippen molar-refractivity contribution >= 4 is 23.2 Å². The molecule has 2 aliphatic rings. The summed E-state index contributed by atoms with van der Waals surface area (Å²) in [6.45, 7) is 1.40. The van der Waals surface area contributed by atoms with Crippen molar-refractivity contribution in [3.63, 3.8) is 0 Å². The van der Waals surface area contributed by atoms with Gasteiger partial charge < -0.3 is 10.6 Å². The van der Waals surface area contributed by atoms with E-state index in [4.69, 9.17) is 17.3 Å². The predicted octanol–water partition coefficient (Wildman–Crippen LogP) is 2.60. The van der Waals surface area contributed by atoms with Crippen LogP contribution in [0.4, 0.5) is 5.69 Å². The van der Waals surface area contributed by atoms with E-state index in [2.05, 4.69) is 0 Å². The maximum atomic E-state index is 12.7. The molecule has 1 amide bonds. The first kappa shape index (κ1) is 12.9. The molecule has 1 heterocycles. The molecule has 0 saturated heterocycles. The molecule has 2 atom stereocenters. The minimum Gasteiger partial charge on any atom is -0.330 e. The van der Waals surface area contributed by atoms with Crippen LogP contribution in [-0.4, -0.2) is 19.0 Å². The fourth-order valence-electron chi connectivity index (χ4n) is 3.43. The Morgan fingerprint density at radius 3 is 3.05 bits per heavy atom. The maximum Gasteiger partial charge on any atom is 0.230 e. The summed E-state index contributed by atoms with van der Waals surface area (Å²) in [7, 11) is 0. The highest BCUT2D eigenvalue weighted by Crippen LogP contribution is 2.37. The summed E-state index contributed by atoms with van der Waals surface area (Å²) in [5.74, 6) is 0.708. The molecule has 4 heteroatoms. The van der Waals surface area contributed by atoms with Gasteiger partial charge in [0, 0.05) is 23.2 Å². The van der Waals surface area contributed by atoms with Crippen molar-refractivity contribution in [3.05, 3.63) is 28.8 Å². The summed E-state index contributed by atoms with van der Waals surface area (Å²) < 4.78 is 0. The number of hydrogen-bond donors (Lipinski definition) is 1. The molecular formula is C15H19ClN2O. The lowest BCUT2D eigenvalue weighted by atomic mass is 9.94. The SMILES string of the molecule is NC[C@H]1CCC[C@H]1C(=O)N1CCc2ccc(Cl)cc21. The Morgan fingerprint density at radius 1 is 1.42 bits per heavy atom. The van der Waals surface area contributed by atoms with E-state index < -0.39 is 0 Å². The van der Waals surface area contributed by atoms with E-state index in [0.29, 0.717) is 17.5 Å². The summed E-state index contributed by atoms with van der Waals surface area (Å²) in [4.78, 5) is 14.6. The zero-order chi connectivity index (χ0) is 13.4. The van der Waals surface area contributed by atoms with Crippen LogP contribution in [0.1, 0.15) is 24.8 Å². The Morgan fingerprint density at radius 2 is 2.26 bits per heavy atom. The standard InChI is InChI=1S/C15H19ClN2O/c16-12-5-4-10-6-7-18(14(10)8-12)15(19)13-3-1-2-11(13)9-17/h4-5,8,11,13H,1-3,6-7,9,17H2/t11-,13-/m1/s1. The topological polar surface area (TPSA) is 46.3 Å². The van der Waals surface area contributed by atoms with Gasteiger partial charge in [-0.2, -0.15) is 0 Å². The third-order valence-corrected chi connectivity index (χ3v) is 4.72. The molecule has 3 nitrogen and oxygen atoms in total. The number of anilines is 1. The molecule has 0 aromatic heterocycles. The first-order chi connectivity index (χ1) is 9.20. The van der Waals surface area contributed by atoms with Gasteiger partial charge in [-0.15, -0.1) is 0 Å². The molecule has 0 unspecified atom stereocenters. The van der Waals surface area contributed by atoms with Crippen molar-refractivity contribution in [1.29, 1.82) is 0 Å². The van der Waals surface area contributed by atoms with E-state index in [1.54, 1.807) is 0 Å². The van der Waals surface area contributed by atoms with Crippen molar-refractivity contribution in [2.45, 2.75) is 25.7 Å². The minimum atomic E-state index is 0.106. The number of benzene rings is 1. The molecule has 0 bridgehead atoms. The molecule has 1 aromatic carbocycles. The van der Waals surface area contributed by atoms with Crippen LogP contribution in [0.3, 0.4) is 0 Å². The van der Waals surface area contributed by atoms with Crippen LogP contribution in [0.15, 0.2) is 18.2 Å². The molecule has 1 fully saturated rings. The fraction of sp³-hybridized carbons (Fsp3) is 0.533. The van der Waals surface area contributed by atoms with Crippen LogP contribution < -0.4 is 10.6 Å². The average molecular weight is 279 g/mol. The highest BCUT2D eigenvalue weighted by Gasteiger charge is 2.37. The Kier molecular flexibility index (Phi) is 3.50. The summed E-state index contributed by atoms with van der Waals surface area (Å²) in [6, 6.07) is 5.83. The van der Waals surface area contributed by atoms with E-state index >= 15 is 0 Å². The van der Waals surface area contributed by atoms with Gasteiger partial charge in [0.2, 0.25) is 5.91 Å². The predicted molar refractivity (Wildman–Crippen MR) is 77.4 cm³/mol. The molecule has 1 aromatic rings. The quantitative estimate of drug-likeness (QED) is 0.904. The van der Waals surface area contributed by atoms with Crippen molar-refractivity contribution in [2.75, 3.05) is 18.0 Å². The van der Waals surface area contributed by atoms with Crippen molar-refractivity contribution in [1.82, 2.24) is 0 Å². The van der Waals surface area contributed by atoms with Gasteiger partial charge in [-0.05, 0) is 49.4 Å². The van der Waals surface area contributed by atoms with Crippen LogP contribution in [0, 0.1) is 11.8 Å². The lowest BCUT2D eigenvalue weighted by Crippen LogP contribution is -2.38. The molecular weight excluding hydrogens is 260 g/mol. The van der Waals surface area contributed by atoms with E-state index in [1.807, 2.05) is 23.1 Å². The van der Waals surface area contributed by atoms with Gasteiger partial charge in [0.05, 0.1) is 0 Å². The molecule has 102 valence electrons. The number of halogens is 1. The Hall–Kier alpha value is -1.06. The second kappa shape index (κ2) is 5.14. The van der Waals surface area contributed by atoms with Crippen LogP contribution in [-0.2, 0) is 11.2 Å². The Bertz CT molecular complexity index is 503. The largest absolute Gasteiger partial charge is 0.330 e. The van der Waals surface area contributed by atoms with Gasteiger partial charge in [0.15, 0.2) is 0 Å². The number of rotatable bonds is 2. The number of nitrogens with two attached hydrogens (primary N) is 1. The fourth-order valence-corrected chi connectivity index (χ4v) is 3.59. The van der Waals surface area contributed by atoms with E-state index in [9.17, 15) is 4.79 Å². The number of carbonyl (C=O) groups excluding carboxylic acids is 1. The third-order valence-electron chi connectivity index (χ3n) is 4.49. The summed E-state index contributed by atoms with van der Waals surface area (Å²) in [5.41, 5.74) is 8.01. The van der Waals surface area contributed by atoms with Gasteiger partial charge in [-0.1, -0.05) is 24.1 Å². The summed E-state index contributed by atoms with van der Waals surface area (Å²) in [5, 5.41) is 0.695. The average Bonchev–Trinajstić information content (AvgIpc) is 3.03. The smallest absolute Gasteiger partial charge is 0.230 e. The van der Waals surface area contributed by atoms with Crippen molar-refractivity contribution < 1.29 is 4.79 Å². The maximum absolute atomic E-state index is 12.7. The van der Waals surface area contributed by atoms with Gasteiger partial charge in [-0.25, -0.2) is 0 Å². The molecule has 2 N–H and O–H groups in total. The second-order valence-corrected chi connectivity index (χ2v) is 5.98. The molecule has 1 aliphatic carbocycles. The van der Waals surface area contributed by atoms with Crippen LogP contribution in [0.25, 0.3) is 0 Å². The van der Waals surface area contributed by atoms with E-state index in [1.165, 1.54) is 5.56 Å². The molecule has 3 rings (SSSR count). The molecule has 1 saturated carbocycles. The van der Waals surface area contributed by atoms with Crippen molar-refractivity contribution in [2.24, 2.45) is 17.6 Å². The minimum absolute atomic E-state index is 0.106. The monoisotopic (exact) mass is 278 g/mol. The summed E-state index contributed by atoms with van der Waals surface area (Å²) in [6.07, 6.45) is 4.11. The lowest BCUT2D eigenvalue weighted by Gasteiger charge is -2.24. The van der Waals surface area contributed by atoms with E-state index in [0.717, 1.165) is 37.9 Å². The molecule has 19 heavy (non-hydrogen) atoms. The van der Waals surface area contributed by atoms with Gasteiger partial charge in [-0.3, -0.25) is 4.79 Å². The molecule has 0 spiro atoms. The number of hydrogen-bond acceptors (Lipinski definition) is 2. The Labute approximate surface area is 118 Å². The highest BCUT2D eigenvalue weighted by molar-refractivity contribution is 6.31. The second-order valence-electron chi connectivity index (χ2n) is 5.55. The Balaban J connectivity index is 1.85. The van der Waals surface area contributed by atoms with Crippen molar-refractivity contribution in [3.8, 4) is 0 Å². The van der Waals surface area contributed by atoms with E-state index in [-0.39, 0.29) is 11.8 Å². The first-order valence-corrected chi connectivity index (χ1v) is 7.38. The highest BCUT2D eigenvalue weighted by atomic mass is 35.5. The zero-order valence-electron chi connectivity index (χ0n) is 10.9. The number of amides is 1.